The molecule has 21 heavy (non-hydrogen) atoms. The van der Waals surface area contributed by atoms with E-state index in [1.165, 1.54) is 25.3 Å². The lowest BCUT2D eigenvalue weighted by Crippen LogP contribution is -2.25. The summed E-state index contributed by atoms with van der Waals surface area (Å²) in [6.07, 6.45) is 4.81. The number of hydrogen-bond acceptors (Lipinski definition) is 4. The van der Waals surface area contributed by atoms with Crippen LogP contribution in [-0.4, -0.2) is 27.6 Å². The highest BCUT2D eigenvalue weighted by molar-refractivity contribution is 5.55. The van der Waals surface area contributed by atoms with E-state index in [2.05, 4.69) is 15.0 Å². The Balaban J connectivity index is 1.61. The molecule has 0 spiro atoms. The van der Waals surface area contributed by atoms with Gasteiger partial charge >= 0.3 is 0 Å². The third-order valence-corrected chi connectivity index (χ3v) is 4.47. The van der Waals surface area contributed by atoms with Crippen LogP contribution in [0.2, 0.25) is 0 Å². The average Bonchev–Trinajstić information content (AvgIpc) is 3.02. The lowest BCUT2D eigenvalue weighted by atomic mass is 10.1. The standard InChI is InChI=1S/C16H18FN3O/c1-10-4-5-11(9-13(10)17)15-18-16(21-19-15)14-3-2-8-20(14)12-6-7-12/h4-5,9,12,14H,2-3,6-8H2,1H3. The quantitative estimate of drug-likeness (QED) is 0.866. The number of likely N-dealkylation sites (tertiary alicyclic amines) is 1. The Kier molecular flexibility index (Phi) is 3.03. The highest BCUT2D eigenvalue weighted by Gasteiger charge is 2.39. The molecule has 2 aliphatic rings. The van der Waals surface area contributed by atoms with Crippen LogP contribution in [0.3, 0.4) is 0 Å². The third kappa shape index (κ3) is 2.35. The van der Waals surface area contributed by atoms with Crippen LogP contribution >= 0.6 is 0 Å². The maximum absolute atomic E-state index is 13.7. The van der Waals surface area contributed by atoms with Crippen molar-refractivity contribution in [3.8, 4) is 11.4 Å². The second-order valence-electron chi connectivity index (χ2n) is 6.05. The van der Waals surface area contributed by atoms with Crippen LogP contribution in [0.5, 0.6) is 0 Å². The Labute approximate surface area is 123 Å². The fourth-order valence-electron chi connectivity index (χ4n) is 3.12. The summed E-state index contributed by atoms with van der Waals surface area (Å²) in [6, 6.07) is 5.99. The van der Waals surface area contributed by atoms with Gasteiger partial charge in [-0.05, 0) is 50.8 Å². The molecule has 2 aromatic rings. The lowest BCUT2D eigenvalue weighted by Gasteiger charge is -2.20. The molecular formula is C16H18FN3O. The van der Waals surface area contributed by atoms with Gasteiger partial charge in [-0.2, -0.15) is 4.98 Å². The molecule has 1 saturated carbocycles. The van der Waals surface area contributed by atoms with Crippen LogP contribution in [0.1, 0.15) is 43.2 Å². The molecule has 0 amide bonds. The summed E-state index contributed by atoms with van der Waals surface area (Å²) >= 11 is 0. The van der Waals surface area contributed by atoms with Gasteiger partial charge in [0.2, 0.25) is 11.7 Å². The van der Waals surface area contributed by atoms with Gasteiger partial charge in [0.1, 0.15) is 5.82 Å². The summed E-state index contributed by atoms with van der Waals surface area (Å²) in [5, 5.41) is 4.04. The topological polar surface area (TPSA) is 42.2 Å². The van der Waals surface area contributed by atoms with Crippen LogP contribution in [-0.2, 0) is 0 Å². The third-order valence-electron chi connectivity index (χ3n) is 4.47. The van der Waals surface area contributed by atoms with Gasteiger partial charge in [-0.15, -0.1) is 0 Å². The molecule has 1 atom stereocenters. The molecular weight excluding hydrogens is 269 g/mol. The van der Waals surface area contributed by atoms with Gasteiger partial charge in [0, 0.05) is 11.6 Å². The first kappa shape index (κ1) is 13.0. The second-order valence-corrected chi connectivity index (χ2v) is 6.05. The van der Waals surface area contributed by atoms with Crippen molar-refractivity contribution in [3.63, 3.8) is 0 Å². The van der Waals surface area contributed by atoms with Crippen molar-refractivity contribution in [2.75, 3.05) is 6.54 Å². The number of halogens is 1. The number of aromatic nitrogens is 2. The summed E-state index contributed by atoms with van der Waals surface area (Å²) in [5.74, 6) is 0.918. The van der Waals surface area contributed by atoms with Crippen LogP contribution in [0.25, 0.3) is 11.4 Å². The minimum absolute atomic E-state index is 0.237. The Hall–Kier alpha value is -1.75. The summed E-state index contributed by atoms with van der Waals surface area (Å²) in [5.41, 5.74) is 1.29. The molecule has 0 radical (unpaired) electrons. The zero-order chi connectivity index (χ0) is 14.4. The molecule has 1 aromatic heterocycles. The second kappa shape index (κ2) is 4.91. The van der Waals surface area contributed by atoms with Gasteiger partial charge in [0.05, 0.1) is 6.04 Å². The summed E-state index contributed by atoms with van der Waals surface area (Å²) in [7, 11) is 0. The van der Waals surface area contributed by atoms with Gasteiger partial charge in [-0.1, -0.05) is 17.3 Å². The molecule has 2 fully saturated rings. The monoisotopic (exact) mass is 287 g/mol. The van der Waals surface area contributed by atoms with Gasteiger partial charge in [0.25, 0.3) is 0 Å². The van der Waals surface area contributed by atoms with Crippen molar-refractivity contribution in [3.05, 3.63) is 35.5 Å². The molecule has 5 heteroatoms. The maximum Gasteiger partial charge on any atom is 0.244 e. The Morgan fingerprint density at radius 3 is 2.90 bits per heavy atom. The number of aryl methyl sites for hydroxylation is 1. The first-order valence-electron chi connectivity index (χ1n) is 7.58. The summed E-state index contributed by atoms with van der Waals surface area (Å²) < 4.78 is 19.1. The van der Waals surface area contributed by atoms with Crippen molar-refractivity contribution >= 4 is 0 Å². The maximum atomic E-state index is 13.7. The molecule has 1 aliphatic heterocycles. The first-order chi connectivity index (χ1) is 10.2. The fraction of sp³-hybridized carbons (Fsp3) is 0.500. The molecule has 110 valence electrons. The number of nitrogens with zero attached hydrogens (tertiary/aromatic N) is 3. The van der Waals surface area contributed by atoms with E-state index >= 15 is 0 Å². The molecule has 1 aliphatic carbocycles. The number of hydrogen-bond donors (Lipinski definition) is 0. The van der Waals surface area contributed by atoms with Gasteiger partial charge < -0.3 is 4.52 Å². The largest absolute Gasteiger partial charge is 0.337 e. The normalized spacial score (nSPS) is 22.9. The minimum Gasteiger partial charge on any atom is -0.337 e. The molecule has 0 bridgehead atoms. The van der Waals surface area contributed by atoms with E-state index in [0.29, 0.717) is 28.9 Å². The van der Waals surface area contributed by atoms with Gasteiger partial charge in [0.15, 0.2) is 0 Å². The van der Waals surface area contributed by atoms with E-state index < -0.39 is 0 Å². The molecule has 1 unspecified atom stereocenters. The molecule has 1 saturated heterocycles. The highest BCUT2D eigenvalue weighted by Crippen LogP contribution is 2.40. The van der Waals surface area contributed by atoms with Gasteiger partial charge in [-0.3, -0.25) is 4.90 Å². The van der Waals surface area contributed by atoms with Crippen LogP contribution in [0.15, 0.2) is 22.7 Å². The van der Waals surface area contributed by atoms with Crippen LogP contribution < -0.4 is 0 Å². The van der Waals surface area contributed by atoms with Crippen molar-refractivity contribution in [1.29, 1.82) is 0 Å². The van der Waals surface area contributed by atoms with Crippen LogP contribution in [0, 0.1) is 12.7 Å². The zero-order valence-electron chi connectivity index (χ0n) is 12.1. The zero-order valence-corrected chi connectivity index (χ0v) is 12.1. The van der Waals surface area contributed by atoms with E-state index in [-0.39, 0.29) is 11.9 Å². The van der Waals surface area contributed by atoms with Crippen molar-refractivity contribution in [1.82, 2.24) is 15.0 Å². The lowest BCUT2D eigenvalue weighted by molar-refractivity contribution is 0.200. The van der Waals surface area contributed by atoms with Gasteiger partial charge in [-0.25, -0.2) is 4.39 Å². The summed E-state index contributed by atoms with van der Waals surface area (Å²) in [4.78, 5) is 6.99. The van der Waals surface area contributed by atoms with Crippen molar-refractivity contribution in [2.45, 2.75) is 44.7 Å². The minimum atomic E-state index is -0.237. The SMILES string of the molecule is Cc1ccc(-c2noc(C3CCCN3C3CC3)n2)cc1F. The van der Waals surface area contributed by atoms with Crippen LogP contribution in [0.4, 0.5) is 4.39 Å². The van der Waals surface area contributed by atoms with Crippen molar-refractivity contribution in [2.24, 2.45) is 0 Å². The number of rotatable bonds is 3. The average molecular weight is 287 g/mol. The summed E-state index contributed by atoms with van der Waals surface area (Å²) in [6.45, 7) is 2.86. The van der Waals surface area contributed by atoms with E-state index in [4.69, 9.17) is 4.52 Å². The first-order valence-corrected chi connectivity index (χ1v) is 7.58. The molecule has 4 nitrogen and oxygen atoms in total. The Morgan fingerprint density at radius 1 is 1.29 bits per heavy atom. The van der Waals surface area contributed by atoms with Crippen molar-refractivity contribution < 1.29 is 8.91 Å². The Morgan fingerprint density at radius 2 is 2.14 bits per heavy atom. The van der Waals surface area contributed by atoms with E-state index in [9.17, 15) is 4.39 Å². The Bertz CT molecular complexity index is 665. The fourth-order valence-corrected chi connectivity index (χ4v) is 3.12. The van der Waals surface area contributed by atoms with E-state index in [1.54, 1.807) is 13.0 Å². The van der Waals surface area contributed by atoms with E-state index in [0.717, 1.165) is 13.0 Å². The molecule has 0 N–H and O–H groups in total. The molecule has 4 rings (SSSR count). The number of benzene rings is 1. The highest BCUT2D eigenvalue weighted by atomic mass is 19.1. The smallest absolute Gasteiger partial charge is 0.244 e. The van der Waals surface area contributed by atoms with E-state index in [1.807, 2.05) is 6.07 Å². The molecule has 1 aromatic carbocycles. The predicted octanol–water partition coefficient (Wildman–Crippen LogP) is 3.48. The molecule has 2 heterocycles. The predicted molar refractivity (Wildman–Crippen MR) is 76.1 cm³/mol.